The smallest absolute Gasteiger partial charge is 0.312 e. The van der Waals surface area contributed by atoms with Crippen LogP contribution in [0.15, 0.2) is 12.7 Å². The zero-order chi connectivity index (χ0) is 25.2. The number of rotatable bonds is 11. The number of hydrogen-bond donors (Lipinski definition) is 1. The van der Waals surface area contributed by atoms with Crippen LogP contribution in [0.1, 0.15) is 64.7 Å². The second-order valence-corrected chi connectivity index (χ2v) is 11.5. The molecule has 0 radical (unpaired) electrons. The molecule has 1 aliphatic carbocycles. The molecule has 3 aliphatic heterocycles. The first kappa shape index (κ1) is 26.6. The van der Waals surface area contributed by atoms with E-state index in [1.54, 1.807) is 17.9 Å². The molecule has 1 saturated carbocycles. The summed E-state index contributed by atoms with van der Waals surface area (Å²) in [5.74, 6) is -2.15. The average Bonchev–Trinajstić information content (AvgIpc) is 3.44. The average molecular weight is 556 g/mol. The summed E-state index contributed by atoms with van der Waals surface area (Å²) in [6.45, 7) is 6.79. The van der Waals surface area contributed by atoms with Crippen LogP contribution in [0.4, 0.5) is 0 Å². The van der Waals surface area contributed by atoms with E-state index in [0.717, 1.165) is 32.1 Å². The lowest BCUT2D eigenvalue weighted by Gasteiger charge is -2.41. The van der Waals surface area contributed by atoms with Crippen molar-refractivity contribution in [1.82, 2.24) is 9.80 Å². The minimum atomic E-state index is -1.05. The van der Waals surface area contributed by atoms with E-state index in [0.29, 0.717) is 32.4 Å². The molecule has 1 N–H and O–H groups in total. The Kier molecular flexibility index (Phi) is 8.59. The number of fused-ring (bicyclic) bond motifs is 1. The van der Waals surface area contributed by atoms with Crippen molar-refractivity contribution in [2.45, 2.75) is 93.3 Å². The van der Waals surface area contributed by atoms with Crippen molar-refractivity contribution in [1.29, 1.82) is 0 Å². The molecule has 3 saturated heterocycles. The molecule has 4 rings (SSSR count). The lowest BCUT2D eigenvalue weighted by Crippen LogP contribution is -2.58. The Morgan fingerprint density at radius 1 is 1.29 bits per heavy atom. The molecule has 0 aromatic carbocycles. The molecule has 0 aromatic heterocycles. The van der Waals surface area contributed by atoms with Crippen LogP contribution in [0.2, 0.25) is 0 Å². The third-order valence-electron chi connectivity index (χ3n) is 8.26. The van der Waals surface area contributed by atoms with E-state index in [1.165, 1.54) is 6.42 Å². The van der Waals surface area contributed by atoms with Crippen molar-refractivity contribution in [2.24, 2.45) is 11.8 Å². The summed E-state index contributed by atoms with van der Waals surface area (Å²) in [7, 11) is 0. The molecule has 2 bridgehead atoms. The van der Waals surface area contributed by atoms with Gasteiger partial charge in [0.15, 0.2) is 0 Å². The quantitative estimate of drug-likeness (QED) is 0.182. The van der Waals surface area contributed by atoms with E-state index in [2.05, 4.69) is 22.5 Å². The van der Waals surface area contributed by atoms with Gasteiger partial charge in [0.2, 0.25) is 11.8 Å². The summed E-state index contributed by atoms with van der Waals surface area (Å²) in [5.41, 5.74) is -1.05. The number of carbonyl (C=O) groups is 3. The van der Waals surface area contributed by atoms with Gasteiger partial charge in [-0.1, -0.05) is 41.3 Å². The van der Waals surface area contributed by atoms with Crippen LogP contribution in [-0.2, 0) is 23.9 Å². The number of aliphatic hydroxyl groups excluding tert-OH is 1. The number of likely N-dealkylation sites (tertiary alicyclic amines) is 1. The van der Waals surface area contributed by atoms with Crippen molar-refractivity contribution in [3.63, 3.8) is 0 Å². The standard InChI is InChI=1S/C26H39BrN2O6/c1-3-13-28(17-11-7-5-8-12-17)24(32)22-26-16-18(27)21(35-26)19(25(33)34-4-2)20(26)23(31)29(22)14-9-6-10-15-30/h3,17-22,30H,1,4-16H2,2H3/t18?,19-,20+,21-,22?,26?/m1/s1. The van der Waals surface area contributed by atoms with Crippen molar-refractivity contribution in [3.05, 3.63) is 12.7 Å². The van der Waals surface area contributed by atoms with Gasteiger partial charge in [-0.3, -0.25) is 14.4 Å². The van der Waals surface area contributed by atoms with E-state index in [1.807, 2.05) is 4.90 Å². The number of unbranched alkanes of at least 4 members (excludes halogenated alkanes) is 2. The number of hydrogen-bond acceptors (Lipinski definition) is 6. The maximum Gasteiger partial charge on any atom is 0.312 e. The first-order chi connectivity index (χ1) is 16.9. The van der Waals surface area contributed by atoms with E-state index < -0.39 is 35.6 Å². The van der Waals surface area contributed by atoms with Crippen molar-refractivity contribution >= 4 is 33.7 Å². The highest BCUT2D eigenvalue weighted by Crippen LogP contribution is 2.60. The predicted octanol–water partition coefficient (Wildman–Crippen LogP) is 2.81. The first-order valence-electron chi connectivity index (χ1n) is 13.2. The number of nitrogens with zero attached hydrogens (tertiary/aromatic N) is 2. The molecule has 35 heavy (non-hydrogen) atoms. The molecule has 6 atom stereocenters. The number of amides is 2. The van der Waals surface area contributed by atoms with Crippen LogP contribution >= 0.6 is 15.9 Å². The van der Waals surface area contributed by atoms with Gasteiger partial charge in [-0.25, -0.2) is 0 Å². The highest BCUT2D eigenvalue weighted by Gasteiger charge is 2.77. The largest absolute Gasteiger partial charge is 0.466 e. The molecule has 4 fully saturated rings. The Morgan fingerprint density at radius 2 is 2.03 bits per heavy atom. The molecule has 9 heteroatoms. The monoisotopic (exact) mass is 554 g/mol. The molecule has 3 heterocycles. The van der Waals surface area contributed by atoms with Gasteiger partial charge in [-0.05, 0) is 45.4 Å². The van der Waals surface area contributed by atoms with E-state index >= 15 is 0 Å². The normalized spacial score (nSPS) is 34.2. The minimum Gasteiger partial charge on any atom is -0.466 e. The minimum absolute atomic E-state index is 0.0959. The van der Waals surface area contributed by atoms with E-state index in [9.17, 15) is 19.5 Å². The van der Waals surface area contributed by atoms with Crippen LogP contribution in [0.25, 0.3) is 0 Å². The van der Waals surface area contributed by atoms with Crippen LogP contribution in [0, 0.1) is 11.8 Å². The zero-order valence-electron chi connectivity index (χ0n) is 20.7. The number of aliphatic hydroxyl groups is 1. The predicted molar refractivity (Wildman–Crippen MR) is 134 cm³/mol. The molecular weight excluding hydrogens is 516 g/mol. The molecule has 2 amide bonds. The molecule has 196 valence electrons. The van der Waals surface area contributed by atoms with Gasteiger partial charge in [0.05, 0.1) is 24.5 Å². The zero-order valence-corrected chi connectivity index (χ0v) is 22.3. The third-order valence-corrected chi connectivity index (χ3v) is 9.11. The van der Waals surface area contributed by atoms with Crippen molar-refractivity contribution in [2.75, 3.05) is 26.3 Å². The summed E-state index contributed by atoms with van der Waals surface area (Å²) >= 11 is 3.69. The lowest BCUT2D eigenvalue weighted by molar-refractivity contribution is -0.155. The van der Waals surface area contributed by atoms with Crippen LogP contribution in [-0.4, -0.2) is 87.6 Å². The maximum absolute atomic E-state index is 14.3. The fourth-order valence-corrected chi connectivity index (χ4v) is 7.78. The molecule has 1 spiro atoms. The van der Waals surface area contributed by atoms with Gasteiger partial charge in [-0.2, -0.15) is 0 Å². The number of alkyl halides is 1. The highest BCUT2D eigenvalue weighted by molar-refractivity contribution is 9.09. The second kappa shape index (κ2) is 11.3. The number of carbonyl (C=O) groups excluding carboxylic acids is 3. The van der Waals surface area contributed by atoms with Gasteiger partial charge in [0, 0.05) is 30.6 Å². The summed E-state index contributed by atoms with van der Waals surface area (Å²) in [6, 6.07) is -0.657. The summed E-state index contributed by atoms with van der Waals surface area (Å²) < 4.78 is 11.9. The van der Waals surface area contributed by atoms with Gasteiger partial charge < -0.3 is 24.4 Å². The topological polar surface area (TPSA) is 96.4 Å². The van der Waals surface area contributed by atoms with Gasteiger partial charge in [0.1, 0.15) is 11.6 Å². The highest BCUT2D eigenvalue weighted by atomic mass is 79.9. The Bertz CT molecular complexity index is 818. The fraction of sp³-hybridized carbons (Fsp3) is 0.808. The SMILES string of the molecule is C=CCN(C(=O)C1N(CCCCCO)C(=O)[C@@H]2[C@@H](C(=O)OCC)[C@@H]3OC12CC3Br)C1CCCCC1. The number of halogens is 1. The molecule has 3 unspecified atom stereocenters. The van der Waals surface area contributed by atoms with Crippen molar-refractivity contribution < 1.29 is 29.0 Å². The Labute approximate surface area is 216 Å². The molecular formula is C26H39BrN2O6. The maximum atomic E-state index is 14.3. The van der Waals surface area contributed by atoms with E-state index in [-0.39, 0.29) is 35.9 Å². The number of esters is 1. The number of ether oxygens (including phenoxy) is 2. The van der Waals surface area contributed by atoms with Crippen LogP contribution < -0.4 is 0 Å². The second-order valence-electron chi connectivity index (χ2n) is 10.3. The van der Waals surface area contributed by atoms with Gasteiger partial charge in [0.25, 0.3) is 0 Å². The van der Waals surface area contributed by atoms with Crippen molar-refractivity contribution in [3.8, 4) is 0 Å². The Hall–Kier alpha value is -1.45. The Morgan fingerprint density at radius 3 is 2.69 bits per heavy atom. The summed E-state index contributed by atoms with van der Waals surface area (Å²) in [5, 5.41) is 9.19. The van der Waals surface area contributed by atoms with Crippen LogP contribution in [0.5, 0.6) is 0 Å². The van der Waals surface area contributed by atoms with Crippen LogP contribution in [0.3, 0.4) is 0 Å². The molecule has 8 nitrogen and oxygen atoms in total. The van der Waals surface area contributed by atoms with Gasteiger partial charge in [-0.15, -0.1) is 6.58 Å². The molecule has 0 aromatic rings. The third kappa shape index (κ3) is 4.68. The first-order valence-corrected chi connectivity index (χ1v) is 14.1. The lowest BCUT2D eigenvalue weighted by atomic mass is 9.70. The summed E-state index contributed by atoms with van der Waals surface area (Å²) in [4.78, 5) is 44.7. The van der Waals surface area contributed by atoms with E-state index in [4.69, 9.17) is 9.47 Å². The molecule has 4 aliphatic rings. The van der Waals surface area contributed by atoms with Gasteiger partial charge >= 0.3 is 5.97 Å². The summed E-state index contributed by atoms with van der Waals surface area (Å²) in [6.07, 6.45) is 9.08. The fourth-order valence-electron chi connectivity index (χ4n) is 6.84. The Balaban J connectivity index is 1.70.